The van der Waals surface area contributed by atoms with Crippen molar-refractivity contribution >= 4 is 23.6 Å². The maximum atomic E-state index is 4.44. The van der Waals surface area contributed by atoms with Crippen molar-refractivity contribution in [3.63, 3.8) is 0 Å². The summed E-state index contributed by atoms with van der Waals surface area (Å²) in [6.45, 7) is 0. The van der Waals surface area contributed by atoms with Gasteiger partial charge in [0.05, 0.1) is 11.4 Å². The summed E-state index contributed by atoms with van der Waals surface area (Å²) in [6.07, 6.45) is 15.1. The second-order valence-electron chi connectivity index (χ2n) is 11.2. The molecule has 0 fully saturated rings. The number of nitrogens with zero attached hydrogens (tertiary/aromatic N) is 4. The fourth-order valence-corrected chi connectivity index (χ4v) is 5.42. The van der Waals surface area contributed by atoms with Crippen LogP contribution in [0.4, 0.5) is 0 Å². The van der Waals surface area contributed by atoms with Crippen LogP contribution in [0.25, 0.3) is 11.1 Å². The monoisotopic (exact) mass is 701 g/mol. The maximum absolute atomic E-state index is 4.44. The second-order valence-corrected chi connectivity index (χ2v) is 11.2. The van der Waals surface area contributed by atoms with Gasteiger partial charge in [0.2, 0.25) is 0 Å². The van der Waals surface area contributed by atoms with Gasteiger partial charge in [-0.1, -0.05) is 109 Å². The van der Waals surface area contributed by atoms with Crippen LogP contribution in [0.1, 0.15) is 44.8 Å². The van der Waals surface area contributed by atoms with Crippen LogP contribution < -0.4 is 9.97 Å². The Morgan fingerprint density at radius 1 is 0.412 bits per heavy atom. The van der Waals surface area contributed by atoms with E-state index in [1.165, 1.54) is 0 Å². The van der Waals surface area contributed by atoms with Crippen LogP contribution in [-0.2, 0) is 17.1 Å². The van der Waals surface area contributed by atoms with E-state index in [-0.39, 0.29) is 17.1 Å². The molecule has 2 aliphatic rings. The summed E-state index contributed by atoms with van der Waals surface area (Å²) in [6, 6.07) is 44.4. The van der Waals surface area contributed by atoms with E-state index < -0.39 is 0 Å². The summed E-state index contributed by atoms with van der Waals surface area (Å²) in [7, 11) is 0. The molecule has 2 aliphatic heterocycles. The first-order valence-electron chi connectivity index (χ1n) is 16.2. The first kappa shape index (κ1) is 34.2. The quantitative estimate of drug-likeness (QED) is 0.136. The average molecular weight is 702 g/mol. The third kappa shape index (κ3) is 8.90. The van der Waals surface area contributed by atoms with Crippen molar-refractivity contribution in [2.45, 2.75) is 0 Å². The third-order valence-electron chi connectivity index (χ3n) is 7.84. The van der Waals surface area contributed by atoms with Crippen molar-refractivity contribution < 1.29 is 17.1 Å². The van der Waals surface area contributed by atoms with Crippen molar-refractivity contribution in [3.8, 4) is 23.7 Å². The fraction of sp³-hybridized carbons (Fsp3) is 0. The van der Waals surface area contributed by atoms with Crippen LogP contribution in [0.2, 0.25) is 0 Å². The molecule has 0 N–H and O–H groups in total. The van der Waals surface area contributed by atoms with Crippen LogP contribution >= 0.6 is 0 Å². The average Bonchev–Trinajstić information content (AvgIpc) is 4.03. The van der Waals surface area contributed by atoms with Crippen molar-refractivity contribution in [1.82, 2.24) is 9.97 Å². The Balaban J connectivity index is 0.000000172. The Morgan fingerprint density at radius 2 is 0.784 bits per heavy atom. The van der Waals surface area contributed by atoms with E-state index in [0.717, 1.165) is 67.3 Å². The van der Waals surface area contributed by atoms with Gasteiger partial charge in [-0.15, -0.1) is 11.4 Å². The molecule has 0 spiro atoms. The van der Waals surface area contributed by atoms with Gasteiger partial charge in [-0.05, 0) is 95.1 Å². The number of aromatic nitrogens is 2. The van der Waals surface area contributed by atoms with Gasteiger partial charge in [0.25, 0.3) is 0 Å². The minimum Gasteiger partial charge on any atom is -0.664 e. The summed E-state index contributed by atoms with van der Waals surface area (Å²) < 4.78 is 0. The van der Waals surface area contributed by atoms with E-state index in [1.54, 1.807) is 24.8 Å². The Labute approximate surface area is 309 Å². The number of hydrogen-bond donors (Lipinski definition) is 0. The molecule has 4 nitrogen and oxygen atoms in total. The largest absolute Gasteiger partial charge is 2.00 e. The van der Waals surface area contributed by atoms with Crippen molar-refractivity contribution in [2.75, 3.05) is 0 Å². The Hall–Kier alpha value is -6.62. The first-order valence-corrected chi connectivity index (χ1v) is 16.2. The predicted octanol–water partition coefficient (Wildman–Crippen LogP) is 8.88. The molecular weight excluding hydrogens is 672 g/mol. The number of benzene rings is 4. The van der Waals surface area contributed by atoms with Crippen LogP contribution in [0.15, 0.2) is 192 Å². The van der Waals surface area contributed by atoms with Gasteiger partial charge >= 0.3 is 17.1 Å². The normalized spacial score (nSPS) is 14.0. The molecule has 0 unspecified atom stereocenters. The first-order chi connectivity index (χ1) is 24.8. The second kappa shape index (κ2) is 17.2. The zero-order chi connectivity index (χ0) is 33.8. The Morgan fingerprint density at radius 3 is 1.10 bits per heavy atom. The van der Waals surface area contributed by atoms with E-state index in [9.17, 15) is 0 Å². The molecule has 2 aromatic heterocycles. The standard InChI is InChI=1S/2C23H15N2.Cu/c2*1-2-6-18(7-3-1)10-11-19-12-14-20(15-13-19)23(21-8-4-16-24-21)22-9-5-17-25-22;/h2*1-9,12-17H;/q2*-1;+2/b2*23-21-;. The van der Waals surface area contributed by atoms with Crippen LogP contribution in [0, 0.1) is 23.7 Å². The molecule has 8 rings (SSSR count). The molecule has 0 aliphatic carbocycles. The number of rotatable bonds is 4. The molecule has 0 amide bonds. The third-order valence-corrected chi connectivity index (χ3v) is 7.84. The Kier molecular flexibility index (Phi) is 11.5. The molecule has 1 radical (unpaired) electrons. The van der Waals surface area contributed by atoms with Crippen LogP contribution in [0.5, 0.6) is 0 Å². The molecule has 4 heterocycles. The molecule has 0 bridgehead atoms. The number of hydrogen-bond acceptors (Lipinski definition) is 2. The van der Waals surface area contributed by atoms with Gasteiger partial charge in [-0.25, -0.2) is 0 Å². The van der Waals surface area contributed by atoms with Gasteiger partial charge in [-0.2, -0.15) is 12.4 Å². The summed E-state index contributed by atoms with van der Waals surface area (Å²) in [5, 5.41) is 0. The van der Waals surface area contributed by atoms with Crippen LogP contribution in [0.3, 0.4) is 0 Å². The fourth-order valence-electron chi connectivity index (χ4n) is 5.42. The predicted molar refractivity (Wildman–Crippen MR) is 205 cm³/mol. The van der Waals surface area contributed by atoms with Crippen molar-refractivity contribution in [2.24, 2.45) is 9.98 Å². The van der Waals surface area contributed by atoms with E-state index in [1.807, 2.05) is 133 Å². The Bertz CT molecular complexity index is 2170. The molecule has 5 heteroatoms. The molecule has 0 atom stereocenters. The molecule has 0 saturated heterocycles. The number of aliphatic imine (C=N–C) groups is 2. The molecule has 0 saturated carbocycles. The molecule has 245 valence electrons. The SMILES string of the molecule is C(#Cc1ccc(/C(=C2\C=CC=N2)c2ccc[n-]2)cc1)c1ccccc1.C(#Cc1ccc(/C(=C2\C=CC=N2)c2ccc[n-]2)cc1)c1ccccc1.[Cu+2]. The summed E-state index contributed by atoms with van der Waals surface area (Å²) in [4.78, 5) is 17.8. The molecular formula is C46H30CuN4. The summed E-state index contributed by atoms with van der Waals surface area (Å²) in [5.41, 5.74) is 12.0. The zero-order valence-corrected chi connectivity index (χ0v) is 28.4. The number of allylic oxidation sites excluding steroid dienone is 4. The smallest absolute Gasteiger partial charge is 0.664 e. The van der Waals surface area contributed by atoms with Gasteiger partial charge < -0.3 is 9.97 Å². The van der Waals surface area contributed by atoms with Gasteiger partial charge in [0.15, 0.2) is 0 Å². The van der Waals surface area contributed by atoms with E-state index in [0.29, 0.717) is 0 Å². The topological polar surface area (TPSA) is 52.9 Å². The summed E-state index contributed by atoms with van der Waals surface area (Å²) >= 11 is 0. The van der Waals surface area contributed by atoms with Gasteiger partial charge in [0, 0.05) is 34.7 Å². The van der Waals surface area contributed by atoms with Crippen molar-refractivity contribution in [1.29, 1.82) is 0 Å². The van der Waals surface area contributed by atoms with Crippen LogP contribution in [-0.4, -0.2) is 12.4 Å². The van der Waals surface area contributed by atoms with Crippen molar-refractivity contribution in [3.05, 3.63) is 226 Å². The van der Waals surface area contributed by atoms with Gasteiger partial charge in [-0.3, -0.25) is 9.98 Å². The van der Waals surface area contributed by atoms with E-state index in [2.05, 4.69) is 67.9 Å². The molecule has 6 aromatic rings. The van der Waals surface area contributed by atoms with E-state index in [4.69, 9.17) is 0 Å². The van der Waals surface area contributed by atoms with E-state index >= 15 is 0 Å². The zero-order valence-electron chi connectivity index (χ0n) is 27.4. The minimum absolute atomic E-state index is 0. The molecule has 4 aromatic carbocycles. The van der Waals surface area contributed by atoms with Gasteiger partial charge in [0.1, 0.15) is 0 Å². The summed E-state index contributed by atoms with van der Waals surface area (Å²) in [5.74, 6) is 12.8. The maximum Gasteiger partial charge on any atom is 2.00 e. The minimum atomic E-state index is 0. The molecule has 51 heavy (non-hydrogen) atoms.